The van der Waals surface area contributed by atoms with Crippen LogP contribution in [0.15, 0.2) is 30.9 Å². The molecule has 0 fully saturated rings. The largest absolute Gasteiger partial charge is 0.330 e. The predicted octanol–water partition coefficient (Wildman–Crippen LogP) is 3.79. The van der Waals surface area contributed by atoms with Crippen LogP contribution in [0.2, 0.25) is 10.0 Å². The van der Waals surface area contributed by atoms with Crippen molar-refractivity contribution < 1.29 is 0 Å². The van der Waals surface area contributed by atoms with E-state index >= 15 is 0 Å². The third kappa shape index (κ3) is 2.75. The summed E-state index contributed by atoms with van der Waals surface area (Å²) in [5.74, 6) is 0. The number of hydrogen-bond acceptors (Lipinski definition) is 1. The van der Waals surface area contributed by atoms with Crippen LogP contribution >= 0.6 is 23.2 Å². The number of allylic oxidation sites excluding steroid dienone is 1. The molecule has 82 valence electrons. The lowest BCUT2D eigenvalue weighted by atomic mass is 9.79. The van der Waals surface area contributed by atoms with Crippen molar-refractivity contribution in [1.29, 1.82) is 0 Å². The molecule has 3 heteroatoms. The zero-order chi connectivity index (χ0) is 11.5. The molecule has 0 aliphatic rings. The summed E-state index contributed by atoms with van der Waals surface area (Å²) in [5, 5.41) is 1.38. The number of hydrogen-bond donors (Lipinski definition) is 1. The third-order valence-electron chi connectivity index (χ3n) is 2.62. The van der Waals surface area contributed by atoms with Crippen LogP contribution in [-0.2, 0) is 5.41 Å². The summed E-state index contributed by atoms with van der Waals surface area (Å²) in [4.78, 5) is 0. The molecule has 0 bridgehead atoms. The van der Waals surface area contributed by atoms with Gasteiger partial charge in [-0.2, -0.15) is 0 Å². The van der Waals surface area contributed by atoms with E-state index < -0.39 is 0 Å². The highest BCUT2D eigenvalue weighted by atomic mass is 35.5. The Morgan fingerprint density at radius 2 is 2.13 bits per heavy atom. The quantitative estimate of drug-likeness (QED) is 0.801. The average molecular weight is 244 g/mol. The minimum atomic E-state index is -0.191. The molecule has 2 N–H and O–H groups in total. The lowest BCUT2D eigenvalue weighted by Gasteiger charge is -2.28. The van der Waals surface area contributed by atoms with Crippen molar-refractivity contribution in [2.24, 2.45) is 5.73 Å². The summed E-state index contributed by atoms with van der Waals surface area (Å²) in [6.07, 6.45) is 2.63. The smallest absolute Gasteiger partial charge is 0.0445 e. The van der Waals surface area contributed by atoms with Crippen LogP contribution in [0.25, 0.3) is 0 Å². The van der Waals surface area contributed by atoms with E-state index in [1.807, 2.05) is 12.1 Å². The second-order valence-corrected chi connectivity index (χ2v) is 4.73. The lowest BCUT2D eigenvalue weighted by molar-refractivity contribution is 0.491. The molecule has 1 aromatic carbocycles. The van der Waals surface area contributed by atoms with Crippen LogP contribution in [0.4, 0.5) is 0 Å². The van der Waals surface area contributed by atoms with E-state index in [1.54, 1.807) is 12.1 Å². The Balaban J connectivity index is 3.21. The van der Waals surface area contributed by atoms with E-state index in [1.165, 1.54) is 0 Å². The topological polar surface area (TPSA) is 26.0 Å². The Bertz CT molecular complexity index is 363. The van der Waals surface area contributed by atoms with Gasteiger partial charge in [0.25, 0.3) is 0 Å². The Morgan fingerprint density at radius 1 is 1.47 bits per heavy atom. The summed E-state index contributed by atoms with van der Waals surface area (Å²) in [6.45, 7) is 6.31. The summed E-state index contributed by atoms with van der Waals surface area (Å²) in [5.41, 5.74) is 6.59. The van der Waals surface area contributed by atoms with Gasteiger partial charge in [0.05, 0.1) is 0 Å². The van der Waals surface area contributed by atoms with Crippen LogP contribution in [0.3, 0.4) is 0 Å². The average Bonchev–Trinajstić information content (AvgIpc) is 2.22. The summed E-state index contributed by atoms with van der Waals surface area (Å²) < 4.78 is 0. The van der Waals surface area contributed by atoms with Gasteiger partial charge in [0.2, 0.25) is 0 Å². The summed E-state index contributed by atoms with van der Waals surface area (Å²) >= 11 is 12.1. The van der Waals surface area contributed by atoms with Crippen molar-refractivity contribution in [3.8, 4) is 0 Å². The highest BCUT2D eigenvalue weighted by Crippen LogP contribution is 2.34. The molecule has 0 heterocycles. The Hall–Kier alpha value is -0.500. The Kier molecular flexibility index (Phi) is 4.21. The van der Waals surface area contributed by atoms with E-state index in [9.17, 15) is 0 Å². The molecule has 1 aromatic rings. The van der Waals surface area contributed by atoms with Crippen LogP contribution < -0.4 is 5.73 Å². The van der Waals surface area contributed by atoms with Crippen molar-refractivity contribution in [2.75, 3.05) is 6.54 Å². The number of benzene rings is 1. The molecule has 0 aliphatic heterocycles. The lowest BCUT2D eigenvalue weighted by Crippen LogP contribution is -2.31. The van der Waals surface area contributed by atoms with Gasteiger partial charge in [-0.3, -0.25) is 0 Å². The van der Waals surface area contributed by atoms with E-state index in [-0.39, 0.29) is 5.41 Å². The molecule has 0 spiro atoms. The van der Waals surface area contributed by atoms with Crippen LogP contribution in [0.1, 0.15) is 18.9 Å². The predicted molar refractivity (Wildman–Crippen MR) is 67.7 cm³/mol. The maximum atomic E-state index is 6.15. The fourth-order valence-electron chi connectivity index (χ4n) is 1.58. The molecule has 1 atom stereocenters. The van der Waals surface area contributed by atoms with Gasteiger partial charge in [0, 0.05) is 22.0 Å². The highest BCUT2D eigenvalue weighted by molar-refractivity contribution is 6.33. The molecule has 1 nitrogen and oxygen atoms in total. The fraction of sp³-hybridized carbons (Fsp3) is 0.333. The van der Waals surface area contributed by atoms with Crippen LogP contribution in [0.5, 0.6) is 0 Å². The summed E-state index contributed by atoms with van der Waals surface area (Å²) in [7, 11) is 0. The van der Waals surface area contributed by atoms with Gasteiger partial charge in [0.1, 0.15) is 0 Å². The maximum Gasteiger partial charge on any atom is 0.0445 e. The molecule has 15 heavy (non-hydrogen) atoms. The first-order valence-corrected chi connectivity index (χ1v) is 5.55. The Labute approximate surface area is 101 Å². The number of rotatable bonds is 4. The second kappa shape index (κ2) is 5.02. The molecule has 1 unspecified atom stereocenters. The molecule has 0 saturated carbocycles. The van der Waals surface area contributed by atoms with Gasteiger partial charge in [-0.25, -0.2) is 0 Å². The third-order valence-corrected chi connectivity index (χ3v) is 3.19. The van der Waals surface area contributed by atoms with E-state index in [0.717, 1.165) is 12.0 Å². The first kappa shape index (κ1) is 12.6. The molecule has 0 amide bonds. The molecule has 0 radical (unpaired) electrons. The standard InChI is InChI=1S/C12H15Cl2N/c1-3-6-12(2,8-15)10-7-9(13)4-5-11(10)14/h3-5,7H,1,6,8,15H2,2H3. The number of halogens is 2. The zero-order valence-corrected chi connectivity index (χ0v) is 10.3. The van der Waals surface area contributed by atoms with Gasteiger partial charge in [-0.05, 0) is 30.2 Å². The van der Waals surface area contributed by atoms with Crippen LogP contribution in [0, 0.1) is 0 Å². The zero-order valence-electron chi connectivity index (χ0n) is 8.76. The second-order valence-electron chi connectivity index (χ2n) is 3.88. The normalized spacial score (nSPS) is 14.7. The van der Waals surface area contributed by atoms with Gasteiger partial charge >= 0.3 is 0 Å². The SMILES string of the molecule is C=CCC(C)(CN)c1cc(Cl)ccc1Cl. The van der Waals surface area contributed by atoms with Gasteiger partial charge in [-0.1, -0.05) is 36.2 Å². The maximum absolute atomic E-state index is 6.15. The van der Waals surface area contributed by atoms with Crippen molar-refractivity contribution in [3.05, 3.63) is 46.5 Å². The number of nitrogens with two attached hydrogens (primary N) is 1. The van der Waals surface area contributed by atoms with Crippen molar-refractivity contribution >= 4 is 23.2 Å². The first-order valence-electron chi connectivity index (χ1n) is 4.80. The highest BCUT2D eigenvalue weighted by Gasteiger charge is 2.26. The van der Waals surface area contributed by atoms with Crippen LogP contribution in [-0.4, -0.2) is 6.54 Å². The molecule has 0 aliphatic carbocycles. The van der Waals surface area contributed by atoms with Gasteiger partial charge in [-0.15, -0.1) is 6.58 Å². The minimum Gasteiger partial charge on any atom is -0.330 e. The molecule has 0 aromatic heterocycles. The van der Waals surface area contributed by atoms with Crippen molar-refractivity contribution in [2.45, 2.75) is 18.8 Å². The molecular formula is C12H15Cl2N. The van der Waals surface area contributed by atoms with E-state index in [0.29, 0.717) is 16.6 Å². The molecular weight excluding hydrogens is 229 g/mol. The summed E-state index contributed by atoms with van der Waals surface area (Å²) in [6, 6.07) is 5.45. The molecule has 0 saturated heterocycles. The van der Waals surface area contributed by atoms with E-state index in [4.69, 9.17) is 28.9 Å². The first-order chi connectivity index (χ1) is 7.03. The fourth-order valence-corrected chi connectivity index (χ4v) is 2.10. The van der Waals surface area contributed by atoms with Gasteiger partial charge < -0.3 is 5.73 Å². The van der Waals surface area contributed by atoms with Crippen molar-refractivity contribution in [3.63, 3.8) is 0 Å². The van der Waals surface area contributed by atoms with Gasteiger partial charge in [0.15, 0.2) is 0 Å². The monoisotopic (exact) mass is 243 g/mol. The minimum absolute atomic E-state index is 0.191. The van der Waals surface area contributed by atoms with Crippen molar-refractivity contribution in [1.82, 2.24) is 0 Å². The Morgan fingerprint density at radius 3 is 2.67 bits per heavy atom. The molecule has 1 rings (SSSR count). The van der Waals surface area contributed by atoms with E-state index in [2.05, 4.69) is 13.5 Å².